The maximum Gasteiger partial charge on any atom is 0.122 e. The van der Waals surface area contributed by atoms with E-state index in [9.17, 15) is 0 Å². The van der Waals surface area contributed by atoms with Crippen LogP contribution in [-0.2, 0) is 13.1 Å². The van der Waals surface area contributed by atoms with Gasteiger partial charge in [0.05, 0.1) is 12.8 Å². The van der Waals surface area contributed by atoms with E-state index in [1.54, 1.807) is 0 Å². The molecule has 0 aromatic carbocycles. The van der Waals surface area contributed by atoms with Crippen LogP contribution in [0.3, 0.4) is 0 Å². The number of rotatable bonds is 8. The summed E-state index contributed by atoms with van der Waals surface area (Å²) in [5, 5.41) is 3.43. The van der Waals surface area contributed by atoms with Gasteiger partial charge < -0.3 is 14.6 Å². The molecule has 21 heavy (non-hydrogen) atoms. The molecule has 0 spiro atoms. The highest BCUT2D eigenvalue weighted by atomic mass is 16.3. The standard InChI is InChI=1S/C17H31N3O/c1-5-20-9-6-7-16(20)13-19(4)12-15-8-10-21-17(15)11-18-14(2)3/h8,10,14,16,18H,5-7,9,11-13H2,1-4H3. The molecule has 2 heterocycles. The lowest BCUT2D eigenvalue weighted by molar-refractivity contribution is 0.194. The van der Waals surface area contributed by atoms with Crippen LogP contribution in [0.2, 0.25) is 0 Å². The Labute approximate surface area is 129 Å². The molecular formula is C17H31N3O. The van der Waals surface area contributed by atoms with Gasteiger partial charge in [0.15, 0.2) is 0 Å². The summed E-state index contributed by atoms with van der Waals surface area (Å²) in [7, 11) is 2.22. The Hall–Kier alpha value is -0.840. The summed E-state index contributed by atoms with van der Waals surface area (Å²) in [5.74, 6) is 1.08. The minimum atomic E-state index is 0.484. The van der Waals surface area contributed by atoms with Crippen LogP contribution >= 0.6 is 0 Å². The zero-order valence-electron chi connectivity index (χ0n) is 14.1. The molecule has 1 aliphatic heterocycles. The van der Waals surface area contributed by atoms with Crippen LogP contribution < -0.4 is 5.32 Å². The van der Waals surface area contributed by atoms with E-state index in [1.807, 2.05) is 6.26 Å². The van der Waals surface area contributed by atoms with Crippen molar-refractivity contribution in [2.75, 3.05) is 26.7 Å². The van der Waals surface area contributed by atoms with Gasteiger partial charge in [-0.2, -0.15) is 0 Å². The van der Waals surface area contributed by atoms with Crippen molar-refractivity contribution in [1.82, 2.24) is 15.1 Å². The van der Waals surface area contributed by atoms with Gasteiger partial charge in [-0.05, 0) is 39.0 Å². The maximum absolute atomic E-state index is 5.63. The molecule has 1 N–H and O–H groups in total. The average Bonchev–Trinajstić information content (AvgIpc) is 3.05. The molecule has 2 rings (SSSR count). The third kappa shape index (κ3) is 4.83. The minimum Gasteiger partial charge on any atom is -0.468 e. The molecule has 0 amide bonds. The Morgan fingerprint density at radius 1 is 1.48 bits per heavy atom. The molecule has 0 aliphatic carbocycles. The van der Waals surface area contributed by atoms with Gasteiger partial charge in [-0.3, -0.25) is 4.90 Å². The highest BCUT2D eigenvalue weighted by Gasteiger charge is 2.24. The summed E-state index contributed by atoms with van der Waals surface area (Å²) in [5.41, 5.74) is 1.31. The van der Waals surface area contributed by atoms with Crippen molar-refractivity contribution in [2.24, 2.45) is 0 Å². The van der Waals surface area contributed by atoms with Crippen molar-refractivity contribution in [2.45, 2.75) is 58.8 Å². The first-order valence-corrected chi connectivity index (χ1v) is 8.31. The number of likely N-dealkylation sites (tertiary alicyclic amines) is 1. The quantitative estimate of drug-likeness (QED) is 0.798. The molecule has 1 aliphatic rings. The van der Waals surface area contributed by atoms with Gasteiger partial charge in [-0.25, -0.2) is 0 Å². The maximum atomic E-state index is 5.63. The van der Waals surface area contributed by atoms with E-state index in [-0.39, 0.29) is 0 Å². The highest BCUT2D eigenvalue weighted by molar-refractivity contribution is 5.16. The van der Waals surface area contributed by atoms with Crippen molar-refractivity contribution in [1.29, 1.82) is 0 Å². The zero-order valence-corrected chi connectivity index (χ0v) is 14.1. The lowest BCUT2D eigenvalue weighted by Crippen LogP contribution is -2.38. The van der Waals surface area contributed by atoms with Gasteiger partial charge in [0.1, 0.15) is 5.76 Å². The largest absolute Gasteiger partial charge is 0.468 e. The number of nitrogens with one attached hydrogen (secondary N) is 1. The first kappa shape index (κ1) is 16.5. The number of nitrogens with zero attached hydrogens (tertiary/aromatic N) is 2. The Morgan fingerprint density at radius 2 is 2.29 bits per heavy atom. The minimum absolute atomic E-state index is 0.484. The first-order chi connectivity index (χ1) is 10.1. The van der Waals surface area contributed by atoms with Crippen LogP contribution in [0.4, 0.5) is 0 Å². The number of hydrogen-bond acceptors (Lipinski definition) is 4. The van der Waals surface area contributed by atoms with Crippen LogP contribution in [0, 0.1) is 0 Å². The third-order valence-electron chi connectivity index (χ3n) is 4.38. The number of hydrogen-bond donors (Lipinski definition) is 1. The van der Waals surface area contributed by atoms with Gasteiger partial charge in [-0.1, -0.05) is 20.8 Å². The van der Waals surface area contributed by atoms with E-state index >= 15 is 0 Å². The van der Waals surface area contributed by atoms with Gasteiger partial charge in [0, 0.05) is 30.7 Å². The Morgan fingerprint density at radius 3 is 3.00 bits per heavy atom. The summed E-state index contributed by atoms with van der Waals surface area (Å²) in [6, 6.07) is 3.32. The van der Waals surface area contributed by atoms with Crippen LogP contribution in [0.1, 0.15) is 44.9 Å². The number of furan rings is 1. The molecule has 4 nitrogen and oxygen atoms in total. The highest BCUT2D eigenvalue weighted by Crippen LogP contribution is 2.19. The molecule has 0 bridgehead atoms. The molecule has 1 unspecified atom stereocenters. The lowest BCUT2D eigenvalue weighted by Gasteiger charge is -2.27. The van der Waals surface area contributed by atoms with Gasteiger partial charge in [0.2, 0.25) is 0 Å². The van der Waals surface area contributed by atoms with Crippen LogP contribution in [0.15, 0.2) is 16.7 Å². The lowest BCUT2D eigenvalue weighted by atomic mass is 10.2. The third-order valence-corrected chi connectivity index (χ3v) is 4.38. The molecule has 0 saturated carbocycles. The van der Waals surface area contributed by atoms with E-state index in [0.29, 0.717) is 6.04 Å². The van der Waals surface area contributed by atoms with E-state index < -0.39 is 0 Å². The monoisotopic (exact) mass is 293 g/mol. The second-order valence-electron chi connectivity index (χ2n) is 6.53. The van der Waals surface area contributed by atoms with E-state index in [4.69, 9.17) is 4.42 Å². The Kier molecular flexibility index (Phi) is 6.27. The van der Waals surface area contributed by atoms with E-state index in [2.05, 4.69) is 49.0 Å². The molecule has 0 radical (unpaired) electrons. The van der Waals surface area contributed by atoms with Crippen LogP contribution in [0.5, 0.6) is 0 Å². The molecule has 1 atom stereocenters. The van der Waals surface area contributed by atoms with Crippen molar-refractivity contribution in [3.63, 3.8) is 0 Å². The second kappa shape index (κ2) is 7.97. The van der Waals surface area contributed by atoms with Gasteiger partial charge in [0.25, 0.3) is 0 Å². The molecular weight excluding hydrogens is 262 g/mol. The fourth-order valence-electron chi connectivity index (χ4n) is 3.19. The van der Waals surface area contributed by atoms with Crippen molar-refractivity contribution >= 4 is 0 Å². The molecule has 4 heteroatoms. The molecule has 1 saturated heterocycles. The summed E-state index contributed by atoms with van der Waals surface area (Å²) in [4.78, 5) is 5.04. The molecule has 120 valence electrons. The summed E-state index contributed by atoms with van der Waals surface area (Å²) in [6.07, 6.45) is 4.50. The van der Waals surface area contributed by atoms with Crippen LogP contribution in [0.25, 0.3) is 0 Å². The summed E-state index contributed by atoms with van der Waals surface area (Å²) in [6.45, 7) is 12.0. The van der Waals surface area contributed by atoms with Crippen molar-refractivity contribution < 1.29 is 4.42 Å². The fourth-order valence-corrected chi connectivity index (χ4v) is 3.19. The van der Waals surface area contributed by atoms with Crippen molar-refractivity contribution in [3.05, 3.63) is 23.7 Å². The topological polar surface area (TPSA) is 31.6 Å². The normalized spacial score (nSPS) is 20.0. The Balaban J connectivity index is 1.85. The van der Waals surface area contributed by atoms with Crippen LogP contribution in [-0.4, -0.2) is 48.6 Å². The van der Waals surface area contributed by atoms with E-state index in [1.165, 1.54) is 31.5 Å². The predicted molar refractivity (Wildman–Crippen MR) is 87.3 cm³/mol. The summed E-state index contributed by atoms with van der Waals surface area (Å²) < 4.78 is 5.63. The zero-order chi connectivity index (χ0) is 15.2. The van der Waals surface area contributed by atoms with Gasteiger partial charge >= 0.3 is 0 Å². The molecule has 1 fully saturated rings. The average molecular weight is 293 g/mol. The molecule has 1 aromatic heterocycles. The molecule has 1 aromatic rings. The fraction of sp³-hybridized carbons (Fsp3) is 0.765. The van der Waals surface area contributed by atoms with Crippen molar-refractivity contribution in [3.8, 4) is 0 Å². The Bertz CT molecular complexity index is 416. The predicted octanol–water partition coefficient (Wildman–Crippen LogP) is 2.69. The summed E-state index contributed by atoms with van der Waals surface area (Å²) >= 11 is 0. The van der Waals surface area contributed by atoms with Gasteiger partial charge in [-0.15, -0.1) is 0 Å². The first-order valence-electron chi connectivity index (χ1n) is 8.31. The second-order valence-corrected chi connectivity index (χ2v) is 6.53. The van der Waals surface area contributed by atoms with E-state index in [0.717, 1.165) is 31.4 Å². The number of likely N-dealkylation sites (N-methyl/N-ethyl adjacent to an activating group) is 2. The smallest absolute Gasteiger partial charge is 0.122 e. The SMILES string of the molecule is CCN1CCCC1CN(C)Cc1ccoc1CNC(C)C.